The Balaban J connectivity index is 4.81. The van der Waals surface area contributed by atoms with Gasteiger partial charge in [-0.25, -0.2) is 0 Å². The molecule has 0 aliphatic heterocycles. The zero-order valence-electron chi connectivity index (χ0n) is 9.21. The second-order valence-corrected chi connectivity index (χ2v) is 4.46. The summed E-state index contributed by atoms with van der Waals surface area (Å²) in [4.78, 5) is 0. The van der Waals surface area contributed by atoms with E-state index >= 15 is 0 Å². The van der Waals surface area contributed by atoms with Crippen LogP contribution < -0.4 is 0 Å². The molecular weight excluding hydrogens is 146 g/mol. The molecule has 0 heterocycles. The summed E-state index contributed by atoms with van der Waals surface area (Å²) < 4.78 is 0. The molecule has 0 amide bonds. The fourth-order valence-corrected chi connectivity index (χ4v) is 1.23. The second-order valence-electron chi connectivity index (χ2n) is 4.46. The van der Waals surface area contributed by atoms with Crippen LogP contribution in [0.3, 0.4) is 0 Å². The van der Waals surface area contributed by atoms with Crippen LogP contribution >= 0.6 is 0 Å². The zero-order chi connectivity index (χ0) is 9.94. The zero-order valence-corrected chi connectivity index (χ0v) is 9.21. The van der Waals surface area contributed by atoms with Crippen molar-refractivity contribution in [3.63, 3.8) is 0 Å². The SMILES string of the molecule is CCC(C(=N)C(C)(C)C)=C(C)C. The maximum atomic E-state index is 7.97. The number of hydrogen-bond acceptors (Lipinski definition) is 1. The van der Waals surface area contributed by atoms with Crippen LogP contribution in [0.4, 0.5) is 0 Å². The van der Waals surface area contributed by atoms with Crippen LogP contribution in [0.2, 0.25) is 0 Å². The largest absolute Gasteiger partial charge is 0.304 e. The highest BCUT2D eigenvalue weighted by Gasteiger charge is 2.20. The second kappa shape index (κ2) is 3.88. The third-order valence-electron chi connectivity index (χ3n) is 2.01. The minimum absolute atomic E-state index is 0.0113. The van der Waals surface area contributed by atoms with Gasteiger partial charge in [-0.3, -0.25) is 0 Å². The Bertz CT molecular complexity index is 200. The molecule has 0 radical (unpaired) electrons. The van der Waals surface area contributed by atoms with Gasteiger partial charge in [-0.15, -0.1) is 0 Å². The Kier molecular flexibility index (Phi) is 3.69. The first-order valence-corrected chi connectivity index (χ1v) is 4.56. The van der Waals surface area contributed by atoms with E-state index in [-0.39, 0.29) is 5.41 Å². The fourth-order valence-electron chi connectivity index (χ4n) is 1.23. The lowest BCUT2D eigenvalue weighted by atomic mass is 9.83. The van der Waals surface area contributed by atoms with Crippen LogP contribution in [-0.4, -0.2) is 5.71 Å². The third kappa shape index (κ3) is 2.80. The van der Waals surface area contributed by atoms with Crippen LogP contribution in [0.5, 0.6) is 0 Å². The van der Waals surface area contributed by atoms with Gasteiger partial charge in [0.25, 0.3) is 0 Å². The van der Waals surface area contributed by atoms with Crippen LogP contribution in [-0.2, 0) is 0 Å². The molecule has 0 aromatic heterocycles. The van der Waals surface area contributed by atoms with Crippen LogP contribution in [0, 0.1) is 10.8 Å². The van der Waals surface area contributed by atoms with Gasteiger partial charge in [0, 0.05) is 11.1 Å². The number of rotatable bonds is 2. The first kappa shape index (κ1) is 11.4. The molecule has 0 aromatic carbocycles. The highest BCUT2D eigenvalue weighted by atomic mass is 14.5. The molecule has 0 aliphatic carbocycles. The van der Waals surface area contributed by atoms with Gasteiger partial charge in [0.15, 0.2) is 0 Å². The van der Waals surface area contributed by atoms with Gasteiger partial charge >= 0.3 is 0 Å². The Morgan fingerprint density at radius 2 is 1.58 bits per heavy atom. The Morgan fingerprint density at radius 3 is 1.67 bits per heavy atom. The molecule has 1 nitrogen and oxygen atoms in total. The van der Waals surface area contributed by atoms with E-state index < -0.39 is 0 Å². The van der Waals surface area contributed by atoms with Gasteiger partial charge in [-0.1, -0.05) is 33.3 Å². The van der Waals surface area contributed by atoms with E-state index in [9.17, 15) is 0 Å². The van der Waals surface area contributed by atoms with E-state index in [0.717, 1.165) is 12.1 Å². The summed E-state index contributed by atoms with van der Waals surface area (Å²) in [5.41, 5.74) is 3.26. The van der Waals surface area contributed by atoms with Crippen LogP contribution in [0.1, 0.15) is 48.0 Å². The Hall–Kier alpha value is -0.590. The molecule has 0 spiro atoms. The van der Waals surface area contributed by atoms with Crippen molar-refractivity contribution in [1.29, 1.82) is 5.41 Å². The molecule has 0 bridgehead atoms. The van der Waals surface area contributed by atoms with Crippen molar-refractivity contribution in [3.05, 3.63) is 11.1 Å². The van der Waals surface area contributed by atoms with E-state index in [4.69, 9.17) is 5.41 Å². The third-order valence-corrected chi connectivity index (χ3v) is 2.01. The molecular formula is C11H21N. The molecule has 1 N–H and O–H groups in total. The van der Waals surface area contributed by atoms with Gasteiger partial charge in [0.05, 0.1) is 0 Å². The van der Waals surface area contributed by atoms with Crippen molar-refractivity contribution >= 4 is 5.71 Å². The van der Waals surface area contributed by atoms with Crippen molar-refractivity contribution < 1.29 is 0 Å². The summed E-state index contributed by atoms with van der Waals surface area (Å²) >= 11 is 0. The molecule has 0 saturated heterocycles. The Morgan fingerprint density at radius 1 is 1.17 bits per heavy atom. The minimum Gasteiger partial charge on any atom is -0.304 e. The van der Waals surface area contributed by atoms with Crippen molar-refractivity contribution in [2.45, 2.75) is 48.0 Å². The summed E-state index contributed by atoms with van der Waals surface area (Å²) in [7, 11) is 0. The Labute approximate surface area is 76.4 Å². The summed E-state index contributed by atoms with van der Waals surface area (Å²) in [6.45, 7) is 12.6. The lowest BCUT2D eigenvalue weighted by Gasteiger charge is -2.22. The lowest BCUT2D eigenvalue weighted by molar-refractivity contribution is 0.584. The van der Waals surface area contributed by atoms with Gasteiger partial charge in [-0.2, -0.15) is 0 Å². The van der Waals surface area contributed by atoms with Crippen LogP contribution in [0.25, 0.3) is 0 Å². The molecule has 0 rings (SSSR count). The molecule has 70 valence electrons. The summed E-state index contributed by atoms with van der Waals surface area (Å²) in [6.07, 6.45) is 0.971. The summed E-state index contributed by atoms with van der Waals surface area (Å²) in [6, 6.07) is 0. The normalized spacial score (nSPS) is 11.2. The molecule has 12 heavy (non-hydrogen) atoms. The number of hydrogen-bond donors (Lipinski definition) is 1. The number of allylic oxidation sites excluding steroid dienone is 2. The van der Waals surface area contributed by atoms with E-state index in [2.05, 4.69) is 41.5 Å². The molecule has 0 aromatic rings. The average Bonchev–Trinajstić information content (AvgIpc) is 1.86. The van der Waals surface area contributed by atoms with E-state index in [1.807, 2.05) is 0 Å². The average molecular weight is 167 g/mol. The van der Waals surface area contributed by atoms with Crippen LogP contribution in [0.15, 0.2) is 11.1 Å². The monoisotopic (exact) mass is 167 g/mol. The predicted octanol–water partition coefficient (Wildman–Crippen LogP) is 3.80. The molecule has 0 saturated carbocycles. The molecule has 0 fully saturated rings. The topological polar surface area (TPSA) is 23.9 Å². The van der Waals surface area contributed by atoms with Gasteiger partial charge in [0.1, 0.15) is 0 Å². The van der Waals surface area contributed by atoms with E-state index in [0.29, 0.717) is 0 Å². The quantitative estimate of drug-likeness (QED) is 0.605. The summed E-state index contributed by atoms with van der Waals surface area (Å²) in [5, 5.41) is 7.97. The fraction of sp³-hybridized carbons (Fsp3) is 0.727. The first-order valence-electron chi connectivity index (χ1n) is 4.56. The lowest BCUT2D eigenvalue weighted by Crippen LogP contribution is -2.21. The highest BCUT2D eigenvalue weighted by Crippen LogP contribution is 2.23. The smallest absolute Gasteiger partial charge is 0.0398 e. The number of nitrogens with one attached hydrogen (secondary N) is 1. The maximum absolute atomic E-state index is 7.97. The molecule has 0 unspecified atom stereocenters. The highest BCUT2D eigenvalue weighted by molar-refractivity contribution is 6.01. The van der Waals surface area contributed by atoms with Crippen molar-refractivity contribution in [3.8, 4) is 0 Å². The van der Waals surface area contributed by atoms with Gasteiger partial charge < -0.3 is 5.41 Å². The summed E-state index contributed by atoms with van der Waals surface area (Å²) in [5.74, 6) is 0. The minimum atomic E-state index is -0.0113. The van der Waals surface area contributed by atoms with Crippen molar-refractivity contribution in [1.82, 2.24) is 0 Å². The van der Waals surface area contributed by atoms with Gasteiger partial charge in [-0.05, 0) is 25.8 Å². The molecule has 1 heteroatoms. The van der Waals surface area contributed by atoms with E-state index in [1.54, 1.807) is 0 Å². The van der Waals surface area contributed by atoms with Gasteiger partial charge in [0.2, 0.25) is 0 Å². The maximum Gasteiger partial charge on any atom is 0.0398 e. The van der Waals surface area contributed by atoms with Crippen molar-refractivity contribution in [2.75, 3.05) is 0 Å². The standard InChI is InChI=1S/C11H21N/c1-7-9(8(2)3)10(12)11(4,5)6/h12H,7H2,1-6H3. The van der Waals surface area contributed by atoms with Crippen molar-refractivity contribution in [2.24, 2.45) is 5.41 Å². The molecule has 0 atom stereocenters. The van der Waals surface area contributed by atoms with E-state index in [1.165, 1.54) is 11.1 Å². The molecule has 0 aliphatic rings. The predicted molar refractivity (Wildman–Crippen MR) is 55.8 cm³/mol. The first-order chi connectivity index (χ1) is 5.30.